The average molecular weight is 439 g/mol. The van der Waals surface area contributed by atoms with Crippen molar-refractivity contribution < 1.29 is 14.3 Å². The fourth-order valence-corrected chi connectivity index (χ4v) is 3.23. The second kappa shape index (κ2) is 7.32. The van der Waals surface area contributed by atoms with Crippen molar-refractivity contribution in [3.8, 4) is 11.1 Å². The summed E-state index contributed by atoms with van der Waals surface area (Å²) < 4.78 is 13.8. The third kappa shape index (κ3) is 3.54. The molecule has 2 aromatic heterocycles. The predicted octanol–water partition coefficient (Wildman–Crippen LogP) is 5.04. The van der Waals surface area contributed by atoms with Crippen molar-refractivity contribution in [3.63, 3.8) is 0 Å². The Kier molecular flexibility index (Phi) is 4.70. The van der Waals surface area contributed by atoms with Crippen LogP contribution in [0.15, 0.2) is 65.3 Å². The summed E-state index contributed by atoms with van der Waals surface area (Å²) >= 11 is 3.45. The van der Waals surface area contributed by atoms with E-state index in [2.05, 4.69) is 36.2 Å². The summed E-state index contributed by atoms with van der Waals surface area (Å²) in [6.45, 7) is 0. The highest BCUT2D eigenvalue weighted by Gasteiger charge is 2.18. The Morgan fingerprint density at radius 2 is 1.79 bits per heavy atom. The highest BCUT2D eigenvalue weighted by molar-refractivity contribution is 9.10. The molecule has 0 radical (unpaired) electrons. The number of carbonyl (C=O) groups is 1. The van der Waals surface area contributed by atoms with E-state index in [0.29, 0.717) is 22.2 Å². The Morgan fingerprint density at radius 3 is 2.50 bits per heavy atom. The van der Waals surface area contributed by atoms with E-state index >= 15 is 0 Å². The summed E-state index contributed by atoms with van der Waals surface area (Å²) in [7, 11) is 0. The molecule has 0 atom stereocenters. The predicted molar refractivity (Wildman–Crippen MR) is 107 cm³/mol. The minimum absolute atomic E-state index is 0.106. The molecule has 0 saturated carbocycles. The van der Waals surface area contributed by atoms with Crippen LogP contribution in [0.2, 0.25) is 0 Å². The Morgan fingerprint density at radius 1 is 1.04 bits per heavy atom. The molecule has 2 N–H and O–H groups in total. The third-order valence-electron chi connectivity index (χ3n) is 4.04. The first-order chi connectivity index (χ1) is 13.5. The van der Waals surface area contributed by atoms with E-state index in [1.807, 2.05) is 24.3 Å². The van der Waals surface area contributed by atoms with Crippen LogP contribution in [0.4, 0.5) is 16.0 Å². The number of benzene rings is 2. The van der Waals surface area contributed by atoms with Gasteiger partial charge in [0, 0.05) is 27.3 Å². The number of carboxylic acids is 1. The van der Waals surface area contributed by atoms with Crippen LogP contribution < -0.4 is 5.32 Å². The number of aromatic nitrogens is 3. The minimum atomic E-state index is -1.15. The van der Waals surface area contributed by atoms with Crippen LogP contribution in [-0.4, -0.2) is 26.0 Å². The Labute approximate surface area is 167 Å². The van der Waals surface area contributed by atoms with Gasteiger partial charge in [0.25, 0.3) is 0 Å². The van der Waals surface area contributed by atoms with Crippen molar-refractivity contribution in [1.29, 1.82) is 0 Å². The van der Waals surface area contributed by atoms with Crippen LogP contribution in [0.25, 0.3) is 22.2 Å². The molecule has 138 valence electrons. The van der Waals surface area contributed by atoms with Gasteiger partial charge < -0.3 is 10.4 Å². The lowest BCUT2D eigenvalue weighted by molar-refractivity contribution is 0.0692. The first kappa shape index (κ1) is 18.0. The number of nitrogens with one attached hydrogen (secondary N) is 1. The molecule has 0 bridgehead atoms. The van der Waals surface area contributed by atoms with Crippen molar-refractivity contribution in [2.75, 3.05) is 5.32 Å². The van der Waals surface area contributed by atoms with Gasteiger partial charge in [-0.1, -0.05) is 34.1 Å². The first-order valence-corrected chi connectivity index (χ1v) is 8.99. The van der Waals surface area contributed by atoms with E-state index in [1.165, 1.54) is 12.1 Å². The number of carboxylic acid groups (broad SMARTS) is 1. The number of aromatic carboxylic acids is 1. The molecule has 2 heterocycles. The van der Waals surface area contributed by atoms with Crippen molar-refractivity contribution in [2.24, 2.45) is 0 Å². The summed E-state index contributed by atoms with van der Waals surface area (Å²) in [5.41, 5.74) is 1.92. The lowest BCUT2D eigenvalue weighted by atomic mass is 10.0. The maximum atomic E-state index is 13.0. The first-order valence-electron chi connectivity index (χ1n) is 8.20. The molecule has 0 fully saturated rings. The molecule has 4 aromatic rings. The molecule has 0 unspecified atom stereocenters. The topological polar surface area (TPSA) is 88.0 Å². The molecular formula is C20H12BrFN4O2. The number of fused-ring (bicyclic) bond motifs is 1. The van der Waals surface area contributed by atoms with E-state index in [1.54, 1.807) is 24.4 Å². The number of anilines is 2. The molecule has 0 amide bonds. The number of halogens is 2. The zero-order chi connectivity index (χ0) is 19.7. The van der Waals surface area contributed by atoms with Crippen LogP contribution >= 0.6 is 15.9 Å². The van der Waals surface area contributed by atoms with E-state index < -0.39 is 5.97 Å². The van der Waals surface area contributed by atoms with Gasteiger partial charge in [-0.25, -0.2) is 19.2 Å². The fourth-order valence-electron chi connectivity index (χ4n) is 2.73. The Balaban J connectivity index is 1.80. The molecule has 8 heteroatoms. The number of pyridine rings is 1. The maximum absolute atomic E-state index is 13.0. The lowest BCUT2D eigenvalue weighted by Gasteiger charge is -2.10. The summed E-state index contributed by atoms with van der Waals surface area (Å²) in [6, 6.07) is 14.7. The molecule has 6 nitrogen and oxygen atoms in total. The second-order valence-corrected chi connectivity index (χ2v) is 6.76. The van der Waals surface area contributed by atoms with Crippen molar-refractivity contribution in [3.05, 3.63) is 76.8 Å². The van der Waals surface area contributed by atoms with E-state index in [-0.39, 0.29) is 23.1 Å². The Bertz CT molecular complexity index is 1200. The zero-order valence-electron chi connectivity index (χ0n) is 14.2. The largest absolute Gasteiger partial charge is 0.476 e. The fraction of sp³-hybridized carbons (Fsp3) is 0. The highest BCUT2D eigenvalue weighted by Crippen LogP contribution is 2.32. The second-order valence-electron chi connectivity index (χ2n) is 5.91. The van der Waals surface area contributed by atoms with Crippen LogP contribution in [0, 0.1) is 5.82 Å². The van der Waals surface area contributed by atoms with E-state index in [0.717, 1.165) is 4.47 Å². The monoisotopic (exact) mass is 438 g/mol. The highest BCUT2D eigenvalue weighted by atomic mass is 79.9. The van der Waals surface area contributed by atoms with Gasteiger partial charge in [-0.2, -0.15) is 4.98 Å². The van der Waals surface area contributed by atoms with Gasteiger partial charge in [0.05, 0.1) is 0 Å². The summed E-state index contributed by atoms with van der Waals surface area (Å²) in [4.78, 5) is 24.6. The standard InChI is InChI=1S/C20H12BrFN4O2/c21-16-4-2-1-3-14(16)15-9-11-10-23-20(24-13-7-5-12(22)6-8-13)26-18(11)25-17(15)19(27)28/h1-10H,(H,27,28)(H,23,24,25,26). The van der Waals surface area contributed by atoms with Crippen molar-refractivity contribution in [2.45, 2.75) is 0 Å². The molecule has 0 aliphatic rings. The summed E-state index contributed by atoms with van der Waals surface area (Å²) in [5, 5.41) is 13.2. The maximum Gasteiger partial charge on any atom is 0.355 e. The van der Waals surface area contributed by atoms with Crippen molar-refractivity contribution >= 4 is 44.6 Å². The summed E-state index contributed by atoms with van der Waals surface area (Å²) in [6.07, 6.45) is 1.56. The SMILES string of the molecule is O=C(O)c1nc2nc(Nc3ccc(F)cc3)ncc2cc1-c1ccccc1Br. The Hall–Kier alpha value is -3.39. The van der Waals surface area contributed by atoms with Crippen LogP contribution in [0.1, 0.15) is 10.5 Å². The minimum Gasteiger partial charge on any atom is -0.476 e. The lowest BCUT2D eigenvalue weighted by Crippen LogP contribution is -2.06. The quantitative estimate of drug-likeness (QED) is 0.464. The van der Waals surface area contributed by atoms with Gasteiger partial charge in [0.2, 0.25) is 5.95 Å². The molecule has 0 spiro atoms. The van der Waals surface area contributed by atoms with Crippen LogP contribution in [-0.2, 0) is 0 Å². The molecule has 2 aromatic carbocycles. The molecule has 0 saturated heterocycles. The number of rotatable bonds is 4. The summed E-state index contributed by atoms with van der Waals surface area (Å²) in [5.74, 6) is -1.27. The van der Waals surface area contributed by atoms with Gasteiger partial charge in [-0.3, -0.25) is 0 Å². The molecule has 28 heavy (non-hydrogen) atoms. The normalized spacial score (nSPS) is 10.8. The molecule has 4 rings (SSSR count). The average Bonchev–Trinajstić information content (AvgIpc) is 2.69. The molecule has 0 aliphatic heterocycles. The third-order valence-corrected chi connectivity index (χ3v) is 4.73. The van der Waals surface area contributed by atoms with Crippen LogP contribution in [0.3, 0.4) is 0 Å². The van der Waals surface area contributed by atoms with Gasteiger partial charge in [-0.05, 0) is 42.0 Å². The number of hydrogen-bond acceptors (Lipinski definition) is 5. The van der Waals surface area contributed by atoms with Gasteiger partial charge in [0.15, 0.2) is 11.3 Å². The zero-order valence-corrected chi connectivity index (χ0v) is 15.8. The van der Waals surface area contributed by atoms with Gasteiger partial charge >= 0.3 is 5.97 Å². The van der Waals surface area contributed by atoms with Gasteiger partial charge in [-0.15, -0.1) is 0 Å². The smallest absolute Gasteiger partial charge is 0.355 e. The number of nitrogens with zero attached hydrogens (tertiary/aromatic N) is 3. The van der Waals surface area contributed by atoms with E-state index in [9.17, 15) is 14.3 Å². The molecular weight excluding hydrogens is 427 g/mol. The number of hydrogen-bond donors (Lipinski definition) is 2. The molecule has 0 aliphatic carbocycles. The van der Waals surface area contributed by atoms with Crippen LogP contribution in [0.5, 0.6) is 0 Å². The van der Waals surface area contributed by atoms with E-state index in [4.69, 9.17) is 0 Å². The van der Waals surface area contributed by atoms with Gasteiger partial charge in [0.1, 0.15) is 5.82 Å². The van der Waals surface area contributed by atoms with Crippen molar-refractivity contribution in [1.82, 2.24) is 15.0 Å².